The molecular formula is C23H38O3. The normalized spacial score (nSPS) is 60.7. The molecule has 3 nitrogen and oxygen atoms in total. The molecule has 0 amide bonds. The molecule has 26 heavy (non-hydrogen) atoms. The van der Waals surface area contributed by atoms with Crippen molar-refractivity contribution in [3.05, 3.63) is 0 Å². The second-order valence-corrected chi connectivity index (χ2v) is 11.6. The number of fused-ring (bicyclic) bond motifs is 8. The summed E-state index contributed by atoms with van der Waals surface area (Å²) in [5.41, 5.74) is 0.0631. The minimum Gasteiger partial charge on any atom is -0.390 e. The summed E-state index contributed by atoms with van der Waals surface area (Å²) in [6, 6.07) is 0. The maximum atomic E-state index is 11.4. The molecule has 5 aliphatic rings. The first-order chi connectivity index (χ1) is 12.1. The maximum Gasteiger partial charge on any atom is 0.163 e. The Morgan fingerprint density at radius 3 is 2.27 bits per heavy atom. The molecule has 9 atom stereocenters. The smallest absolute Gasteiger partial charge is 0.163 e. The van der Waals surface area contributed by atoms with Crippen molar-refractivity contribution in [1.29, 1.82) is 0 Å². The first-order valence-electron chi connectivity index (χ1n) is 11.2. The molecule has 5 fully saturated rings. The van der Waals surface area contributed by atoms with Crippen LogP contribution in [0, 0.1) is 34.5 Å². The lowest BCUT2D eigenvalue weighted by Crippen LogP contribution is -2.64. The van der Waals surface area contributed by atoms with E-state index in [9.17, 15) is 5.11 Å². The van der Waals surface area contributed by atoms with Gasteiger partial charge in [0, 0.05) is 0 Å². The lowest BCUT2D eigenvalue weighted by Gasteiger charge is -2.63. The largest absolute Gasteiger partial charge is 0.390 e. The SMILES string of the molecule is CC1(C)O[C@@H]2C3C(CC[C@]4(C)CC[C@@](C)(O)C34)[C@@]3(C)CCCCC3[C@H]2O1. The van der Waals surface area contributed by atoms with E-state index in [1.54, 1.807) is 0 Å². The second kappa shape index (κ2) is 5.27. The summed E-state index contributed by atoms with van der Waals surface area (Å²) in [6.45, 7) is 11.3. The van der Waals surface area contributed by atoms with Gasteiger partial charge in [-0.25, -0.2) is 0 Å². The van der Waals surface area contributed by atoms with Crippen LogP contribution in [0.25, 0.3) is 0 Å². The first kappa shape index (κ1) is 17.9. The van der Waals surface area contributed by atoms with Gasteiger partial charge in [0.05, 0.1) is 17.8 Å². The standard InChI is InChI=1S/C23H38O3/c1-20(2)25-17-15-8-6-7-10-22(15,4)14-9-11-21(3)12-13-23(5,24)19(21)16(14)18(17)26-20/h14-19,24H,6-13H2,1-5H3/t14?,15?,16?,17-,18-,19?,21-,22-,23-/m1/s1. The van der Waals surface area contributed by atoms with Crippen molar-refractivity contribution < 1.29 is 14.6 Å². The molecule has 4 unspecified atom stereocenters. The summed E-state index contributed by atoms with van der Waals surface area (Å²) in [5.74, 6) is 1.60. The lowest BCUT2D eigenvalue weighted by molar-refractivity contribution is -0.201. The van der Waals surface area contributed by atoms with Crippen molar-refractivity contribution >= 4 is 0 Å². The van der Waals surface area contributed by atoms with Crippen LogP contribution in [0.4, 0.5) is 0 Å². The summed E-state index contributed by atoms with van der Waals surface area (Å²) in [7, 11) is 0. The minimum atomic E-state index is -0.559. The first-order valence-corrected chi connectivity index (χ1v) is 11.2. The van der Waals surface area contributed by atoms with Crippen molar-refractivity contribution in [2.45, 2.75) is 110 Å². The van der Waals surface area contributed by atoms with Gasteiger partial charge in [0.2, 0.25) is 0 Å². The van der Waals surface area contributed by atoms with Crippen LogP contribution in [0.15, 0.2) is 0 Å². The molecule has 0 aromatic rings. The van der Waals surface area contributed by atoms with E-state index in [-0.39, 0.29) is 17.6 Å². The zero-order valence-corrected chi connectivity index (χ0v) is 17.4. The molecule has 3 heteroatoms. The summed E-state index contributed by atoms with van der Waals surface area (Å²) in [4.78, 5) is 0. The van der Waals surface area contributed by atoms with Crippen LogP contribution < -0.4 is 0 Å². The quantitative estimate of drug-likeness (QED) is 0.665. The molecule has 4 saturated carbocycles. The second-order valence-electron chi connectivity index (χ2n) is 11.6. The molecule has 0 aromatic heterocycles. The van der Waals surface area contributed by atoms with Gasteiger partial charge in [-0.1, -0.05) is 26.7 Å². The third-order valence-electron chi connectivity index (χ3n) is 9.61. The van der Waals surface area contributed by atoms with Gasteiger partial charge in [0.25, 0.3) is 0 Å². The lowest BCUT2D eigenvalue weighted by atomic mass is 9.43. The number of hydrogen-bond acceptors (Lipinski definition) is 3. The fourth-order valence-electron chi connectivity index (χ4n) is 8.67. The Morgan fingerprint density at radius 1 is 0.769 bits per heavy atom. The topological polar surface area (TPSA) is 38.7 Å². The van der Waals surface area contributed by atoms with Gasteiger partial charge in [-0.2, -0.15) is 0 Å². The Bertz CT molecular complexity index is 598. The van der Waals surface area contributed by atoms with Crippen LogP contribution in [0.1, 0.15) is 86.0 Å². The Hall–Kier alpha value is -0.120. The molecule has 0 radical (unpaired) electrons. The molecule has 1 N–H and O–H groups in total. The van der Waals surface area contributed by atoms with E-state index in [1.165, 1.54) is 38.5 Å². The molecule has 0 aromatic carbocycles. The van der Waals surface area contributed by atoms with E-state index < -0.39 is 11.4 Å². The Balaban J connectivity index is 1.63. The van der Waals surface area contributed by atoms with Crippen LogP contribution in [0.5, 0.6) is 0 Å². The highest BCUT2D eigenvalue weighted by Gasteiger charge is 2.69. The van der Waals surface area contributed by atoms with Gasteiger partial charge in [0.15, 0.2) is 5.79 Å². The summed E-state index contributed by atoms with van der Waals surface area (Å²) in [5, 5.41) is 11.4. The van der Waals surface area contributed by atoms with Crippen molar-refractivity contribution in [3.63, 3.8) is 0 Å². The van der Waals surface area contributed by atoms with Gasteiger partial charge >= 0.3 is 0 Å². The molecule has 1 saturated heterocycles. The Kier molecular flexibility index (Phi) is 3.64. The Labute approximate surface area is 159 Å². The molecule has 0 spiro atoms. The highest BCUT2D eigenvalue weighted by atomic mass is 16.8. The summed E-state index contributed by atoms with van der Waals surface area (Å²) in [6.07, 6.45) is 10.4. The van der Waals surface area contributed by atoms with Crippen LogP contribution >= 0.6 is 0 Å². The predicted molar refractivity (Wildman–Crippen MR) is 102 cm³/mol. The van der Waals surface area contributed by atoms with Crippen LogP contribution in [0.3, 0.4) is 0 Å². The van der Waals surface area contributed by atoms with Crippen molar-refractivity contribution in [2.24, 2.45) is 34.5 Å². The number of aliphatic hydroxyl groups is 1. The van der Waals surface area contributed by atoms with Crippen LogP contribution in [0.2, 0.25) is 0 Å². The van der Waals surface area contributed by atoms with E-state index in [0.29, 0.717) is 29.1 Å². The van der Waals surface area contributed by atoms with Crippen molar-refractivity contribution in [3.8, 4) is 0 Å². The predicted octanol–water partition coefficient (Wildman–Crippen LogP) is 4.91. The molecule has 1 heterocycles. The van der Waals surface area contributed by atoms with E-state index in [1.807, 2.05) is 0 Å². The Morgan fingerprint density at radius 2 is 1.50 bits per heavy atom. The molecule has 5 rings (SSSR count). The summed E-state index contributed by atoms with van der Waals surface area (Å²) < 4.78 is 13.2. The van der Waals surface area contributed by atoms with Crippen LogP contribution in [-0.2, 0) is 9.47 Å². The van der Waals surface area contributed by atoms with Gasteiger partial charge < -0.3 is 14.6 Å². The molecular weight excluding hydrogens is 324 g/mol. The highest BCUT2D eigenvalue weighted by molar-refractivity contribution is 5.17. The minimum absolute atomic E-state index is 0.167. The average Bonchev–Trinajstić information content (AvgIpc) is 3.00. The van der Waals surface area contributed by atoms with Gasteiger partial charge in [-0.15, -0.1) is 0 Å². The van der Waals surface area contributed by atoms with Crippen molar-refractivity contribution in [1.82, 2.24) is 0 Å². The van der Waals surface area contributed by atoms with Gasteiger partial charge in [-0.05, 0) is 93.8 Å². The van der Waals surface area contributed by atoms with Gasteiger partial charge in [-0.3, -0.25) is 0 Å². The zero-order chi connectivity index (χ0) is 18.5. The average molecular weight is 363 g/mol. The van der Waals surface area contributed by atoms with E-state index in [4.69, 9.17) is 9.47 Å². The number of hydrogen-bond donors (Lipinski definition) is 1. The summed E-state index contributed by atoms with van der Waals surface area (Å²) >= 11 is 0. The monoisotopic (exact) mass is 362 g/mol. The molecule has 4 aliphatic carbocycles. The van der Waals surface area contributed by atoms with E-state index in [2.05, 4.69) is 34.6 Å². The fraction of sp³-hybridized carbons (Fsp3) is 1.00. The molecule has 148 valence electrons. The molecule has 1 aliphatic heterocycles. The zero-order valence-electron chi connectivity index (χ0n) is 17.4. The number of ether oxygens (including phenoxy) is 2. The third-order valence-corrected chi connectivity index (χ3v) is 9.61. The van der Waals surface area contributed by atoms with Gasteiger partial charge in [0.1, 0.15) is 0 Å². The fourth-order valence-corrected chi connectivity index (χ4v) is 8.67. The van der Waals surface area contributed by atoms with Crippen LogP contribution in [-0.4, -0.2) is 28.7 Å². The van der Waals surface area contributed by atoms with E-state index >= 15 is 0 Å². The number of rotatable bonds is 0. The molecule has 0 bridgehead atoms. The third kappa shape index (κ3) is 2.23. The van der Waals surface area contributed by atoms with E-state index in [0.717, 1.165) is 12.8 Å². The van der Waals surface area contributed by atoms with Crippen molar-refractivity contribution in [2.75, 3.05) is 0 Å². The maximum absolute atomic E-state index is 11.4. The highest BCUT2D eigenvalue weighted by Crippen LogP contribution is 2.69.